The Balaban J connectivity index is 2.06. The van der Waals surface area contributed by atoms with Crippen molar-refractivity contribution in [1.82, 2.24) is 5.32 Å². The molecule has 0 aliphatic heterocycles. The van der Waals surface area contributed by atoms with Gasteiger partial charge in [-0.2, -0.15) is 0 Å². The minimum Gasteiger partial charge on any atom is -0.441 e. The van der Waals surface area contributed by atoms with Gasteiger partial charge in [0.15, 0.2) is 12.3 Å². The van der Waals surface area contributed by atoms with Crippen LogP contribution in [0.5, 0.6) is 0 Å². The van der Waals surface area contributed by atoms with Crippen LogP contribution in [-0.4, -0.2) is 29.1 Å². The molecule has 1 fully saturated rings. The Bertz CT molecular complexity index is 551. The lowest BCUT2D eigenvalue weighted by atomic mass is 9.84. The Morgan fingerprint density at radius 3 is 2.36 bits per heavy atom. The third-order valence-corrected chi connectivity index (χ3v) is 4.83. The quantitative estimate of drug-likeness (QED) is 0.615. The van der Waals surface area contributed by atoms with Gasteiger partial charge in [-0.1, -0.05) is 35.2 Å². The molecular weight excluding hydrogens is 384 g/mol. The van der Waals surface area contributed by atoms with Crippen LogP contribution >= 0.6 is 15.9 Å². The largest absolute Gasteiger partial charge is 0.441 e. The molecule has 3 N–H and O–H groups in total. The smallest absolute Gasteiger partial charge is 0.407 e. The molecule has 1 saturated carbocycles. The van der Waals surface area contributed by atoms with E-state index in [2.05, 4.69) is 26.6 Å². The molecule has 1 amide bonds. The zero-order valence-corrected chi connectivity index (χ0v) is 16.8. The highest BCUT2D eigenvalue weighted by atomic mass is 79.9. The van der Waals surface area contributed by atoms with E-state index < -0.39 is 18.4 Å². The molecule has 0 radical (unpaired) electrons. The number of carbonyl (C=O) groups is 1. The Kier molecular flexibility index (Phi) is 7.14. The van der Waals surface area contributed by atoms with Crippen molar-refractivity contribution in [2.24, 2.45) is 5.92 Å². The summed E-state index contributed by atoms with van der Waals surface area (Å²) < 4.78 is 6.62. The minimum atomic E-state index is -0.949. The number of halogens is 1. The summed E-state index contributed by atoms with van der Waals surface area (Å²) in [6, 6.07) is 7.55. The SMILES string of the molecule is CC(C)(C)NC(=O)OC(C1CCCCC1)C(O)Nc1ccc(Br)cc1. The number of aliphatic hydroxyl groups is 1. The summed E-state index contributed by atoms with van der Waals surface area (Å²) in [5.41, 5.74) is 0.412. The molecule has 1 aromatic carbocycles. The molecule has 6 heteroatoms. The molecule has 0 saturated heterocycles. The van der Waals surface area contributed by atoms with Crippen molar-refractivity contribution in [3.63, 3.8) is 0 Å². The lowest BCUT2D eigenvalue weighted by molar-refractivity contribution is -0.0277. The summed E-state index contributed by atoms with van der Waals surface area (Å²) in [5, 5.41) is 16.6. The highest BCUT2D eigenvalue weighted by molar-refractivity contribution is 9.10. The molecule has 2 atom stereocenters. The van der Waals surface area contributed by atoms with Crippen molar-refractivity contribution in [2.75, 3.05) is 5.32 Å². The number of rotatable bonds is 5. The fourth-order valence-corrected chi connectivity index (χ4v) is 3.40. The fraction of sp³-hybridized carbons (Fsp3) is 0.632. The van der Waals surface area contributed by atoms with Crippen molar-refractivity contribution in [3.05, 3.63) is 28.7 Å². The van der Waals surface area contributed by atoms with Crippen molar-refractivity contribution in [3.8, 4) is 0 Å². The third kappa shape index (κ3) is 6.86. The van der Waals surface area contributed by atoms with Gasteiger partial charge in [0.2, 0.25) is 0 Å². The number of aliphatic hydroxyl groups excluding tert-OH is 1. The number of alkyl carbamates (subject to hydrolysis) is 1. The molecule has 0 aromatic heterocycles. The van der Waals surface area contributed by atoms with E-state index in [1.807, 2.05) is 45.0 Å². The Labute approximate surface area is 158 Å². The van der Waals surface area contributed by atoms with E-state index >= 15 is 0 Å². The molecule has 1 aliphatic rings. The second-order valence-electron chi connectivity index (χ2n) is 7.74. The van der Waals surface area contributed by atoms with Crippen LogP contribution in [0.25, 0.3) is 0 Å². The van der Waals surface area contributed by atoms with Gasteiger partial charge < -0.3 is 20.5 Å². The molecule has 1 aromatic rings. The second-order valence-corrected chi connectivity index (χ2v) is 8.65. The van der Waals surface area contributed by atoms with Gasteiger partial charge in [0.1, 0.15) is 0 Å². The van der Waals surface area contributed by atoms with Crippen LogP contribution in [0.2, 0.25) is 0 Å². The molecule has 1 aliphatic carbocycles. The first-order valence-electron chi connectivity index (χ1n) is 8.93. The Morgan fingerprint density at radius 2 is 1.80 bits per heavy atom. The predicted octanol–water partition coefficient (Wildman–Crippen LogP) is 4.65. The summed E-state index contributed by atoms with van der Waals surface area (Å²) in [6.45, 7) is 5.71. The highest BCUT2D eigenvalue weighted by Crippen LogP contribution is 2.30. The third-order valence-electron chi connectivity index (χ3n) is 4.30. The van der Waals surface area contributed by atoms with E-state index in [-0.39, 0.29) is 11.5 Å². The Hall–Kier alpha value is -1.27. The monoisotopic (exact) mass is 412 g/mol. The molecule has 0 heterocycles. The number of amides is 1. The molecule has 2 rings (SSSR count). The molecule has 5 nitrogen and oxygen atoms in total. The first-order valence-corrected chi connectivity index (χ1v) is 9.73. The summed E-state index contributed by atoms with van der Waals surface area (Å²) in [6.07, 6.45) is 3.33. The number of benzene rings is 1. The number of nitrogens with one attached hydrogen (secondary N) is 2. The van der Waals surface area contributed by atoms with Gasteiger partial charge in [0.25, 0.3) is 0 Å². The fourth-order valence-electron chi connectivity index (χ4n) is 3.14. The maximum absolute atomic E-state index is 12.2. The summed E-state index contributed by atoms with van der Waals surface area (Å²) >= 11 is 3.40. The van der Waals surface area contributed by atoms with E-state index in [0.29, 0.717) is 0 Å². The van der Waals surface area contributed by atoms with Gasteiger partial charge in [-0.15, -0.1) is 0 Å². The molecular formula is C19H29BrN2O3. The summed E-state index contributed by atoms with van der Waals surface area (Å²) in [7, 11) is 0. The lowest BCUT2D eigenvalue weighted by Gasteiger charge is -2.34. The summed E-state index contributed by atoms with van der Waals surface area (Å²) in [4.78, 5) is 12.2. The molecule has 140 valence electrons. The van der Waals surface area contributed by atoms with Crippen LogP contribution in [0.3, 0.4) is 0 Å². The van der Waals surface area contributed by atoms with Crippen molar-refractivity contribution >= 4 is 27.7 Å². The number of carbonyl (C=O) groups excluding carboxylic acids is 1. The van der Waals surface area contributed by atoms with Crippen LogP contribution in [0, 0.1) is 5.92 Å². The first-order chi connectivity index (χ1) is 11.7. The predicted molar refractivity (Wildman–Crippen MR) is 104 cm³/mol. The number of hydrogen-bond donors (Lipinski definition) is 3. The minimum absolute atomic E-state index is 0.164. The first kappa shape index (κ1) is 20.0. The van der Waals surface area contributed by atoms with Gasteiger partial charge in [0.05, 0.1) is 0 Å². The Morgan fingerprint density at radius 1 is 1.20 bits per heavy atom. The van der Waals surface area contributed by atoms with Crippen molar-refractivity contribution in [2.45, 2.75) is 70.7 Å². The van der Waals surface area contributed by atoms with E-state index in [4.69, 9.17) is 4.74 Å². The topological polar surface area (TPSA) is 70.6 Å². The number of ether oxygens (including phenoxy) is 1. The second kappa shape index (κ2) is 8.90. The maximum Gasteiger partial charge on any atom is 0.407 e. The van der Waals surface area contributed by atoms with E-state index in [1.165, 1.54) is 6.42 Å². The van der Waals surface area contributed by atoms with E-state index in [0.717, 1.165) is 35.8 Å². The summed E-state index contributed by atoms with van der Waals surface area (Å²) in [5.74, 6) is 0.164. The number of hydrogen-bond acceptors (Lipinski definition) is 4. The van der Waals surface area contributed by atoms with Gasteiger partial charge in [-0.3, -0.25) is 0 Å². The van der Waals surface area contributed by atoms with Crippen LogP contribution in [0.4, 0.5) is 10.5 Å². The molecule has 2 unspecified atom stereocenters. The zero-order chi connectivity index (χ0) is 18.4. The van der Waals surface area contributed by atoms with E-state index in [1.54, 1.807) is 0 Å². The van der Waals surface area contributed by atoms with Crippen LogP contribution in [-0.2, 0) is 4.74 Å². The average Bonchev–Trinajstić information content (AvgIpc) is 2.54. The van der Waals surface area contributed by atoms with Crippen molar-refractivity contribution in [1.29, 1.82) is 0 Å². The highest BCUT2D eigenvalue weighted by Gasteiger charge is 2.33. The van der Waals surface area contributed by atoms with Gasteiger partial charge in [-0.05, 0) is 57.9 Å². The molecule has 25 heavy (non-hydrogen) atoms. The lowest BCUT2D eigenvalue weighted by Crippen LogP contribution is -2.48. The number of anilines is 1. The standard InChI is InChI=1S/C19H29BrN2O3/c1-19(2,3)22-18(24)25-16(13-7-5-4-6-8-13)17(23)21-15-11-9-14(20)10-12-15/h9-13,16-17,21,23H,4-8H2,1-3H3,(H,22,24). The van der Waals surface area contributed by atoms with E-state index in [9.17, 15) is 9.90 Å². The molecule has 0 bridgehead atoms. The van der Waals surface area contributed by atoms with Crippen molar-refractivity contribution < 1.29 is 14.6 Å². The van der Waals surface area contributed by atoms with Crippen LogP contribution in [0.15, 0.2) is 28.7 Å². The molecule has 0 spiro atoms. The van der Waals surface area contributed by atoms with Gasteiger partial charge in [0, 0.05) is 21.6 Å². The van der Waals surface area contributed by atoms with Crippen LogP contribution < -0.4 is 10.6 Å². The maximum atomic E-state index is 12.2. The van der Waals surface area contributed by atoms with Gasteiger partial charge >= 0.3 is 6.09 Å². The average molecular weight is 413 g/mol. The zero-order valence-electron chi connectivity index (χ0n) is 15.2. The van der Waals surface area contributed by atoms with Crippen LogP contribution in [0.1, 0.15) is 52.9 Å². The van der Waals surface area contributed by atoms with Gasteiger partial charge in [-0.25, -0.2) is 4.79 Å². The normalized spacial score (nSPS) is 18.3.